The molecule has 1 rings (SSSR count). The zero-order valence-electron chi connectivity index (χ0n) is 12.6. The number of esters is 2. The van der Waals surface area contributed by atoms with E-state index in [1.54, 1.807) is 0 Å². The monoisotopic (exact) mass is 328 g/mol. The van der Waals surface area contributed by atoms with E-state index in [4.69, 9.17) is 25.8 Å². The molecule has 7 heteroatoms. The van der Waals surface area contributed by atoms with E-state index in [1.165, 1.54) is 32.4 Å². The molecule has 1 aromatic carbocycles. The number of carbonyl (C=O) groups is 2. The summed E-state index contributed by atoms with van der Waals surface area (Å²) in [5.41, 5.74) is 0.104. The van der Waals surface area contributed by atoms with Crippen molar-refractivity contribution in [3.8, 4) is 5.75 Å². The zero-order chi connectivity index (χ0) is 16.5. The van der Waals surface area contributed by atoms with Gasteiger partial charge in [0.05, 0.1) is 20.8 Å². The summed E-state index contributed by atoms with van der Waals surface area (Å²) in [7, 11) is 2.55. The third-order valence-corrected chi connectivity index (χ3v) is 2.67. The van der Waals surface area contributed by atoms with Crippen LogP contribution in [0.25, 0.3) is 0 Å². The molecule has 0 amide bonds. The van der Waals surface area contributed by atoms with Crippen molar-refractivity contribution in [2.45, 2.75) is 13.3 Å². The van der Waals surface area contributed by atoms with Gasteiger partial charge in [-0.25, -0.2) is 9.59 Å². The highest BCUT2D eigenvalue weighted by atomic mass is 35.5. The van der Waals surface area contributed by atoms with Crippen LogP contribution >= 0.6 is 11.6 Å². The predicted molar refractivity (Wildman–Crippen MR) is 79.8 cm³/mol. The van der Waals surface area contributed by atoms with Crippen molar-refractivity contribution >= 4 is 23.5 Å². The van der Waals surface area contributed by atoms with Crippen LogP contribution in [0.2, 0.25) is 5.02 Å². The Morgan fingerprint density at radius 1 is 1.27 bits per heavy atom. The first-order chi connectivity index (χ1) is 10.5. The standard InChI is InChI=1S/C15H17ClO6/c1-4-7-21-14(17)11-8-10(16)5-6-12(11)22-13(9-19-2)15(18)20-3/h5-6,8-9H,4,7H2,1-3H3. The van der Waals surface area contributed by atoms with Crippen LogP contribution in [0, 0.1) is 0 Å². The Hall–Kier alpha value is -2.21. The minimum absolute atomic E-state index is 0.104. The quantitative estimate of drug-likeness (QED) is 0.435. The number of rotatable bonds is 7. The van der Waals surface area contributed by atoms with Crippen LogP contribution in [0.5, 0.6) is 5.75 Å². The van der Waals surface area contributed by atoms with Crippen LogP contribution < -0.4 is 4.74 Å². The van der Waals surface area contributed by atoms with Gasteiger partial charge in [-0.05, 0) is 24.6 Å². The average Bonchev–Trinajstić information content (AvgIpc) is 2.52. The second-order valence-electron chi connectivity index (χ2n) is 4.09. The van der Waals surface area contributed by atoms with E-state index in [0.717, 1.165) is 6.26 Å². The Labute approximate surface area is 133 Å². The summed E-state index contributed by atoms with van der Waals surface area (Å²) >= 11 is 5.89. The highest BCUT2D eigenvalue weighted by Gasteiger charge is 2.20. The van der Waals surface area contributed by atoms with Gasteiger partial charge in [0.15, 0.2) is 0 Å². The summed E-state index contributed by atoms with van der Waals surface area (Å²) in [4.78, 5) is 23.6. The van der Waals surface area contributed by atoms with Crippen molar-refractivity contribution in [1.29, 1.82) is 0 Å². The van der Waals surface area contributed by atoms with Gasteiger partial charge in [-0.15, -0.1) is 0 Å². The molecule has 0 radical (unpaired) electrons. The van der Waals surface area contributed by atoms with Crippen LogP contribution in [0.4, 0.5) is 0 Å². The molecule has 0 aliphatic heterocycles. The molecule has 22 heavy (non-hydrogen) atoms. The molecule has 0 N–H and O–H groups in total. The Bertz CT molecular complexity index is 567. The molecule has 0 aliphatic rings. The lowest BCUT2D eigenvalue weighted by Gasteiger charge is -2.12. The number of halogens is 1. The summed E-state index contributed by atoms with van der Waals surface area (Å²) in [5, 5.41) is 0.339. The van der Waals surface area contributed by atoms with Crippen LogP contribution in [-0.2, 0) is 19.0 Å². The summed E-state index contributed by atoms with van der Waals surface area (Å²) in [6.07, 6.45) is 1.75. The lowest BCUT2D eigenvalue weighted by molar-refractivity contribution is -0.138. The predicted octanol–water partition coefficient (Wildman–Crippen LogP) is 2.95. The van der Waals surface area contributed by atoms with E-state index in [9.17, 15) is 9.59 Å². The van der Waals surface area contributed by atoms with Crippen LogP contribution in [0.15, 0.2) is 30.2 Å². The molecule has 0 unspecified atom stereocenters. The number of carbonyl (C=O) groups excluding carboxylic acids is 2. The van der Waals surface area contributed by atoms with Crippen LogP contribution in [0.3, 0.4) is 0 Å². The zero-order valence-corrected chi connectivity index (χ0v) is 13.3. The van der Waals surface area contributed by atoms with E-state index in [-0.39, 0.29) is 23.7 Å². The third kappa shape index (κ3) is 4.96. The van der Waals surface area contributed by atoms with Gasteiger partial charge in [0.25, 0.3) is 0 Å². The molecule has 0 aromatic heterocycles. The van der Waals surface area contributed by atoms with Gasteiger partial charge in [0, 0.05) is 5.02 Å². The molecule has 120 valence electrons. The minimum atomic E-state index is -0.746. The van der Waals surface area contributed by atoms with Crippen LogP contribution in [-0.4, -0.2) is 32.8 Å². The van der Waals surface area contributed by atoms with Gasteiger partial charge >= 0.3 is 11.9 Å². The summed E-state index contributed by atoms with van der Waals surface area (Å²) in [6, 6.07) is 4.38. The highest BCUT2D eigenvalue weighted by molar-refractivity contribution is 6.31. The summed E-state index contributed by atoms with van der Waals surface area (Å²) < 4.78 is 19.8. The van der Waals surface area contributed by atoms with Crippen molar-refractivity contribution in [1.82, 2.24) is 0 Å². The summed E-state index contributed by atoms with van der Waals surface area (Å²) in [6.45, 7) is 2.14. The molecule has 1 aromatic rings. The molecule has 0 saturated carbocycles. The molecule has 0 saturated heterocycles. The second-order valence-corrected chi connectivity index (χ2v) is 4.52. The molecular weight excluding hydrogens is 312 g/mol. The molecular formula is C15H17ClO6. The van der Waals surface area contributed by atoms with E-state index < -0.39 is 11.9 Å². The summed E-state index contributed by atoms with van der Waals surface area (Å²) in [5.74, 6) is -1.44. The molecule has 0 fully saturated rings. The topological polar surface area (TPSA) is 71.1 Å². The van der Waals surface area contributed by atoms with Crippen LogP contribution in [0.1, 0.15) is 23.7 Å². The van der Waals surface area contributed by atoms with E-state index in [0.29, 0.717) is 11.4 Å². The normalized spacial score (nSPS) is 10.8. The highest BCUT2D eigenvalue weighted by Crippen LogP contribution is 2.26. The lowest BCUT2D eigenvalue weighted by Crippen LogP contribution is -2.14. The fourth-order valence-corrected chi connectivity index (χ4v) is 1.64. The Morgan fingerprint density at radius 3 is 2.59 bits per heavy atom. The first-order valence-corrected chi connectivity index (χ1v) is 6.87. The lowest BCUT2D eigenvalue weighted by atomic mass is 10.2. The Balaban J connectivity index is 3.10. The number of hydrogen-bond donors (Lipinski definition) is 0. The number of hydrogen-bond acceptors (Lipinski definition) is 6. The average molecular weight is 329 g/mol. The Kier molecular flexibility index (Phi) is 7.25. The maximum Gasteiger partial charge on any atom is 0.377 e. The minimum Gasteiger partial charge on any atom is -0.500 e. The van der Waals surface area contributed by atoms with E-state index in [2.05, 4.69) is 4.74 Å². The van der Waals surface area contributed by atoms with Crippen molar-refractivity contribution in [3.63, 3.8) is 0 Å². The maximum absolute atomic E-state index is 12.0. The molecule has 0 aliphatic carbocycles. The van der Waals surface area contributed by atoms with Gasteiger partial charge in [-0.2, -0.15) is 0 Å². The van der Waals surface area contributed by atoms with Crippen molar-refractivity contribution in [2.24, 2.45) is 0 Å². The Morgan fingerprint density at radius 2 is 2.00 bits per heavy atom. The molecule has 0 spiro atoms. The fourth-order valence-electron chi connectivity index (χ4n) is 1.46. The molecule has 0 heterocycles. The van der Waals surface area contributed by atoms with Crippen molar-refractivity contribution < 1.29 is 28.5 Å². The molecule has 0 bridgehead atoms. The number of ether oxygens (including phenoxy) is 4. The smallest absolute Gasteiger partial charge is 0.377 e. The van der Waals surface area contributed by atoms with Gasteiger partial charge in [0.1, 0.15) is 17.6 Å². The molecule has 6 nitrogen and oxygen atoms in total. The largest absolute Gasteiger partial charge is 0.500 e. The third-order valence-electron chi connectivity index (χ3n) is 2.43. The number of benzene rings is 1. The van der Waals surface area contributed by atoms with Gasteiger partial charge in [-0.3, -0.25) is 0 Å². The van der Waals surface area contributed by atoms with E-state index in [1.807, 2.05) is 6.92 Å². The maximum atomic E-state index is 12.0. The molecule has 0 atom stereocenters. The van der Waals surface area contributed by atoms with Crippen molar-refractivity contribution in [3.05, 3.63) is 40.8 Å². The van der Waals surface area contributed by atoms with Gasteiger partial charge in [0.2, 0.25) is 5.76 Å². The van der Waals surface area contributed by atoms with Crippen molar-refractivity contribution in [2.75, 3.05) is 20.8 Å². The second kappa shape index (κ2) is 8.94. The van der Waals surface area contributed by atoms with Gasteiger partial charge < -0.3 is 18.9 Å². The fraction of sp³-hybridized carbons (Fsp3) is 0.333. The SMILES string of the molecule is CCCOC(=O)c1cc(Cl)ccc1OC(=COC)C(=O)OC. The van der Waals surface area contributed by atoms with Gasteiger partial charge in [-0.1, -0.05) is 18.5 Å². The first kappa shape index (κ1) is 17.8. The number of methoxy groups -OCH3 is 2. The van der Waals surface area contributed by atoms with E-state index >= 15 is 0 Å². The first-order valence-electron chi connectivity index (χ1n) is 6.49.